The van der Waals surface area contributed by atoms with Crippen molar-refractivity contribution >= 4 is 17.3 Å². The van der Waals surface area contributed by atoms with Gasteiger partial charge in [0.1, 0.15) is 17.5 Å². The Bertz CT molecular complexity index is 711. The molecule has 1 N–H and O–H groups in total. The van der Waals surface area contributed by atoms with Crippen molar-refractivity contribution in [2.75, 3.05) is 23.3 Å². The molecule has 24 heavy (non-hydrogen) atoms. The van der Waals surface area contributed by atoms with Gasteiger partial charge < -0.3 is 10.2 Å². The van der Waals surface area contributed by atoms with Crippen molar-refractivity contribution in [1.29, 1.82) is 0 Å². The molecule has 1 saturated heterocycles. The normalized spacial score (nSPS) is 17.8. The van der Waals surface area contributed by atoms with Gasteiger partial charge in [-0.2, -0.15) is 0 Å². The number of benzene rings is 1. The van der Waals surface area contributed by atoms with Crippen molar-refractivity contribution in [2.45, 2.75) is 47.0 Å². The second kappa shape index (κ2) is 7.20. The maximum atomic E-state index is 4.67. The summed E-state index contributed by atoms with van der Waals surface area (Å²) in [7, 11) is 0. The molecule has 1 aliphatic rings. The first-order valence-electron chi connectivity index (χ1n) is 9.03. The number of para-hydroxylation sites is 1. The van der Waals surface area contributed by atoms with E-state index in [0.717, 1.165) is 42.9 Å². The minimum absolute atomic E-state index is 0.730. The van der Waals surface area contributed by atoms with Crippen LogP contribution in [-0.4, -0.2) is 23.1 Å². The van der Waals surface area contributed by atoms with E-state index in [1.54, 1.807) is 0 Å². The second-order valence-corrected chi connectivity index (χ2v) is 6.94. The van der Waals surface area contributed by atoms with Crippen LogP contribution in [0.5, 0.6) is 0 Å². The van der Waals surface area contributed by atoms with E-state index in [-0.39, 0.29) is 0 Å². The van der Waals surface area contributed by atoms with Crippen LogP contribution in [0.1, 0.15) is 43.6 Å². The van der Waals surface area contributed by atoms with Crippen LogP contribution in [-0.2, 0) is 6.42 Å². The van der Waals surface area contributed by atoms with Crippen molar-refractivity contribution in [3.05, 3.63) is 41.2 Å². The first-order chi connectivity index (χ1) is 11.6. The van der Waals surface area contributed by atoms with Crippen LogP contribution < -0.4 is 10.2 Å². The minimum atomic E-state index is 0.730. The minimum Gasteiger partial charge on any atom is -0.356 e. The summed E-state index contributed by atoms with van der Waals surface area (Å²) in [4.78, 5) is 11.7. The number of hydrogen-bond donors (Lipinski definition) is 1. The summed E-state index contributed by atoms with van der Waals surface area (Å²) >= 11 is 0. The van der Waals surface area contributed by atoms with Crippen molar-refractivity contribution in [3.8, 4) is 0 Å². The molecule has 128 valence electrons. The summed E-state index contributed by atoms with van der Waals surface area (Å²) in [6.07, 6.45) is 3.56. The molecule has 1 atom stereocenters. The highest BCUT2D eigenvalue weighted by Crippen LogP contribution is 2.27. The lowest BCUT2D eigenvalue weighted by molar-refractivity contribution is 0.444. The Morgan fingerprint density at radius 2 is 2.08 bits per heavy atom. The fourth-order valence-corrected chi connectivity index (χ4v) is 3.51. The highest BCUT2D eigenvalue weighted by atomic mass is 15.2. The fourth-order valence-electron chi connectivity index (χ4n) is 3.51. The molecule has 3 rings (SSSR count). The van der Waals surface area contributed by atoms with Crippen LogP contribution >= 0.6 is 0 Å². The monoisotopic (exact) mass is 324 g/mol. The summed E-state index contributed by atoms with van der Waals surface area (Å²) in [5, 5.41) is 3.55. The first kappa shape index (κ1) is 16.7. The number of aromatic nitrogens is 2. The molecule has 0 spiro atoms. The van der Waals surface area contributed by atoms with Gasteiger partial charge in [-0.05, 0) is 50.2 Å². The molecule has 1 aliphatic heterocycles. The van der Waals surface area contributed by atoms with E-state index in [4.69, 9.17) is 0 Å². The standard InChI is InChI=1S/C20H28N4/c1-5-17-10-6-9-15(3)20(17)23-18-12-19(22-16(4)21-18)24-11-7-8-14(2)13-24/h6,9-10,12,14H,5,7-8,11,13H2,1-4H3,(H,21,22,23). The highest BCUT2D eigenvalue weighted by molar-refractivity contribution is 5.66. The molecule has 0 bridgehead atoms. The van der Waals surface area contributed by atoms with Crippen LogP contribution in [0, 0.1) is 19.8 Å². The Kier molecular flexibility index (Phi) is 5.03. The molecule has 1 aromatic carbocycles. The average Bonchev–Trinajstić information content (AvgIpc) is 2.56. The van der Waals surface area contributed by atoms with E-state index in [1.807, 2.05) is 6.92 Å². The van der Waals surface area contributed by atoms with Crippen molar-refractivity contribution in [3.63, 3.8) is 0 Å². The van der Waals surface area contributed by atoms with Gasteiger partial charge in [0.25, 0.3) is 0 Å². The zero-order valence-corrected chi connectivity index (χ0v) is 15.3. The smallest absolute Gasteiger partial charge is 0.136 e. The van der Waals surface area contributed by atoms with Crippen molar-refractivity contribution < 1.29 is 0 Å². The summed E-state index contributed by atoms with van der Waals surface area (Å²) in [5.74, 6) is 3.48. The predicted octanol–water partition coefficient (Wildman–Crippen LogP) is 4.64. The summed E-state index contributed by atoms with van der Waals surface area (Å²) in [6, 6.07) is 8.53. The average molecular weight is 324 g/mol. The van der Waals surface area contributed by atoms with Gasteiger partial charge in [-0.25, -0.2) is 9.97 Å². The second-order valence-electron chi connectivity index (χ2n) is 6.94. The zero-order chi connectivity index (χ0) is 17.1. The Labute approximate surface area is 145 Å². The van der Waals surface area contributed by atoms with E-state index in [9.17, 15) is 0 Å². The van der Waals surface area contributed by atoms with Gasteiger partial charge >= 0.3 is 0 Å². The molecule has 0 aliphatic carbocycles. The number of rotatable bonds is 4. The molecule has 0 radical (unpaired) electrons. The van der Waals surface area contributed by atoms with Gasteiger partial charge in [0.15, 0.2) is 0 Å². The van der Waals surface area contributed by atoms with Crippen LogP contribution in [0.2, 0.25) is 0 Å². The Morgan fingerprint density at radius 3 is 2.83 bits per heavy atom. The van der Waals surface area contributed by atoms with Gasteiger partial charge in [-0.3, -0.25) is 0 Å². The Balaban J connectivity index is 1.89. The first-order valence-corrected chi connectivity index (χ1v) is 9.03. The third-order valence-electron chi connectivity index (χ3n) is 4.80. The number of aryl methyl sites for hydroxylation is 3. The largest absolute Gasteiger partial charge is 0.356 e. The maximum Gasteiger partial charge on any atom is 0.136 e. The molecule has 2 aromatic rings. The van der Waals surface area contributed by atoms with Crippen molar-refractivity contribution in [2.24, 2.45) is 5.92 Å². The molecule has 2 heterocycles. The van der Waals surface area contributed by atoms with E-state index >= 15 is 0 Å². The zero-order valence-electron chi connectivity index (χ0n) is 15.3. The summed E-state index contributed by atoms with van der Waals surface area (Å²) in [6.45, 7) is 10.8. The number of anilines is 3. The van der Waals surface area contributed by atoms with Crippen LogP contribution in [0.15, 0.2) is 24.3 Å². The van der Waals surface area contributed by atoms with Crippen LogP contribution in [0.3, 0.4) is 0 Å². The third-order valence-corrected chi connectivity index (χ3v) is 4.80. The summed E-state index contributed by atoms with van der Waals surface area (Å²) in [5.41, 5.74) is 3.74. The lowest BCUT2D eigenvalue weighted by atomic mass is 10.0. The SMILES string of the molecule is CCc1cccc(C)c1Nc1cc(N2CCCC(C)C2)nc(C)n1. The van der Waals surface area contributed by atoms with Gasteiger partial charge in [0, 0.05) is 24.8 Å². The van der Waals surface area contributed by atoms with Crippen molar-refractivity contribution in [1.82, 2.24) is 9.97 Å². The molecular formula is C20H28N4. The van der Waals surface area contributed by atoms with Gasteiger partial charge in [0.05, 0.1) is 0 Å². The molecular weight excluding hydrogens is 296 g/mol. The predicted molar refractivity (Wildman–Crippen MR) is 101 cm³/mol. The topological polar surface area (TPSA) is 41.0 Å². The molecule has 0 amide bonds. The molecule has 4 heteroatoms. The molecule has 1 unspecified atom stereocenters. The number of nitrogens with one attached hydrogen (secondary N) is 1. The van der Waals surface area contributed by atoms with E-state index < -0.39 is 0 Å². The maximum absolute atomic E-state index is 4.67. The Hall–Kier alpha value is -2.10. The molecule has 1 fully saturated rings. The molecule has 1 aromatic heterocycles. The number of nitrogens with zero attached hydrogens (tertiary/aromatic N) is 3. The van der Waals surface area contributed by atoms with E-state index in [1.165, 1.54) is 29.7 Å². The molecule has 0 saturated carbocycles. The van der Waals surface area contributed by atoms with E-state index in [2.05, 4.69) is 65.2 Å². The van der Waals surface area contributed by atoms with Gasteiger partial charge in [-0.15, -0.1) is 0 Å². The van der Waals surface area contributed by atoms with Crippen LogP contribution in [0.4, 0.5) is 17.3 Å². The Morgan fingerprint density at radius 1 is 1.25 bits per heavy atom. The number of hydrogen-bond acceptors (Lipinski definition) is 4. The third kappa shape index (κ3) is 3.69. The van der Waals surface area contributed by atoms with Gasteiger partial charge in [0.2, 0.25) is 0 Å². The lowest BCUT2D eigenvalue weighted by Crippen LogP contribution is -2.35. The number of piperidine rings is 1. The fraction of sp³-hybridized carbons (Fsp3) is 0.500. The summed E-state index contributed by atoms with van der Waals surface area (Å²) < 4.78 is 0. The highest BCUT2D eigenvalue weighted by Gasteiger charge is 2.18. The lowest BCUT2D eigenvalue weighted by Gasteiger charge is -2.32. The van der Waals surface area contributed by atoms with Gasteiger partial charge in [-0.1, -0.05) is 32.0 Å². The van der Waals surface area contributed by atoms with Crippen LogP contribution in [0.25, 0.3) is 0 Å². The molecule has 4 nitrogen and oxygen atoms in total. The van der Waals surface area contributed by atoms with E-state index in [0.29, 0.717) is 0 Å². The quantitative estimate of drug-likeness (QED) is 0.890.